The molecule has 0 bridgehead atoms. The lowest BCUT2D eigenvalue weighted by Gasteiger charge is -2.10. The van der Waals surface area contributed by atoms with Crippen LogP contribution in [0.2, 0.25) is 0 Å². The van der Waals surface area contributed by atoms with E-state index in [0.717, 1.165) is 6.54 Å². The van der Waals surface area contributed by atoms with Gasteiger partial charge in [-0.1, -0.05) is 26.0 Å². The van der Waals surface area contributed by atoms with E-state index in [9.17, 15) is 0 Å². The first-order valence-electron chi connectivity index (χ1n) is 3.54. The summed E-state index contributed by atoms with van der Waals surface area (Å²) in [5.41, 5.74) is 1.31. The molecule has 0 aliphatic rings. The average molecular weight is 127 g/mol. The molecule has 0 aliphatic carbocycles. The third-order valence-electron chi connectivity index (χ3n) is 1.71. The number of hydrogen-bond acceptors (Lipinski definition) is 1. The van der Waals surface area contributed by atoms with Crippen molar-refractivity contribution in [2.45, 2.75) is 20.3 Å². The van der Waals surface area contributed by atoms with E-state index < -0.39 is 0 Å². The quantitative estimate of drug-likeness (QED) is 0.568. The van der Waals surface area contributed by atoms with Crippen LogP contribution in [0.5, 0.6) is 0 Å². The Balaban J connectivity index is 3.46. The fourth-order valence-electron chi connectivity index (χ4n) is 0.690. The summed E-state index contributed by atoms with van der Waals surface area (Å²) in [6.45, 7) is 9.30. The van der Waals surface area contributed by atoms with Gasteiger partial charge in [-0.2, -0.15) is 0 Å². The highest BCUT2D eigenvalue weighted by Crippen LogP contribution is 2.09. The highest BCUT2D eigenvalue weighted by Gasteiger charge is 2.00. The molecule has 0 aromatic carbocycles. The van der Waals surface area contributed by atoms with Crippen molar-refractivity contribution in [3.05, 3.63) is 12.2 Å². The summed E-state index contributed by atoms with van der Waals surface area (Å²) in [6, 6.07) is 0. The maximum Gasteiger partial charge on any atom is 0.0161 e. The molecule has 0 amide bonds. The van der Waals surface area contributed by atoms with Crippen LogP contribution in [0.3, 0.4) is 0 Å². The molecule has 0 saturated carbocycles. The van der Waals surface area contributed by atoms with Gasteiger partial charge in [-0.15, -0.1) is 0 Å². The van der Waals surface area contributed by atoms with Crippen molar-refractivity contribution in [3.63, 3.8) is 0 Å². The Morgan fingerprint density at radius 3 is 2.56 bits per heavy atom. The molecule has 0 heterocycles. The van der Waals surface area contributed by atoms with Crippen LogP contribution in [0.1, 0.15) is 20.3 Å². The van der Waals surface area contributed by atoms with Gasteiger partial charge < -0.3 is 5.32 Å². The van der Waals surface area contributed by atoms with E-state index in [1.807, 2.05) is 7.05 Å². The second-order valence-electron chi connectivity index (χ2n) is 2.50. The zero-order chi connectivity index (χ0) is 7.28. The zero-order valence-corrected chi connectivity index (χ0v) is 6.70. The predicted octanol–water partition coefficient (Wildman–Crippen LogP) is 1.81. The van der Waals surface area contributed by atoms with Crippen molar-refractivity contribution in [2.75, 3.05) is 13.6 Å². The van der Waals surface area contributed by atoms with Gasteiger partial charge in [0.2, 0.25) is 0 Å². The Kier molecular flexibility index (Phi) is 4.41. The minimum absolute atomic E-state index is 0.664. The van der Waals surface area contributed by atoms with Crippen molar-refractivity contribution in [2.24, 2.45) is 5.92 Å². The lowest BCUT2D eigenvalue weighted by molar-refractivity contribution is 0.626. The molecule has 1 heteroatoms. The molecule has 0 rings (SSSR count). The van der Waals surface area contributed by atoms with Crippen LogP contribution in [0.4, 0.5) is 0 Å². The Morgan fingerprint density at radius 1 is 1.67 bits per heavy atom. The third-order valence-corrected chi connectivity index (χ3v) is 1.71. The van der Waals surface area contributed by atoms with Crippen molar-refractivity contribution < 1.29 is 0 Å². The van der Waals surface area contributed by atoms with Crippen LogP contribution < -0.4 is 5.32 Å². The normalized spacial score (nSPS) is 13.2. The van der Waals surface area contributed by atoms with Crippen LogP contribution in [0.25, 0.3) is 0 Å². The van der Waals surface area contributed by atoms with Crippen molar-refractivity contribution in [1.82, 2.24) is 5.32 Å². The molecule has 0 spiro atoms. The summed E-state index contributed by atoms with van der Waals surface area (Å²) in [5.74, 6) is 0.664. The first kappa shape index (κ1) is 8.70. The predicted molar refractivity (Wildman–Crippen MR) is 42.5 cm³/mol. The molecule has 9 heavy (non-hydrogen) atoms. The molecule has 54 valence electrons. The van der Waals surface area contributed by atoms with Gasteiger partial charge in [0.15, 0.2) is 0 Å². The first-order chi connectivity index (χ1) is 4.22. The fourth-order valence-corrected chi connectivity index (χ4v) is 0.690. The van der Waals surface area contributed by atoms with Gasteiger partial charge in [-0.05, 0) is 19.4 Å². The number of hydrogen-bond donors (Lipinski definition) is 1. The van der Waals surface area contributed by atoms with E-state index >= 15 is 0 Å². The van der Waals surface area contributed by atoms with Crippen molar-refractivity contribution >= 4 is 0 Å². The Morgan fingerprint density at radius 2 is 2.22 bits per heavy atom. The molecule has 1 nitrogen and oxygen atoms in total. The summed E-state index contributed by atoms with van der Waals surface area (Å²) in [4.78, 5) is 0. The monoisotopic (exact) mass is 127 g/mol. The van der Waals surface area contributed by atoms with Crippen molar-refractivity contribution in [1.29, 1.82) is 0 Å². The highest BCUT2D eigenvalue weighted by molar-refractivity contribution is 5.00. The van der Waals surface area contributed by atoms with E-state index in [1.165, 1.54) is 12.0 Å². The van der Waals surface area contributed by atoms with Crippen molar-refractivity contribution in [3.8, 4) is 0 Å². The van der Waals surface area contributed by atoms with E-state index in [0.29, 0.717) is 5.92 Å². The minimum atomic E-state index is 0.664. The van der Waals surface area contributed by atoms with Crippen LogP contribution in [0, 0.1) is 5.92 Å². The fraction of sp³-hybridized carbons (Fsp3) is 0.750. The molecule has 0 aliphatic heterocycles. The largest absolute Gasteiger partial charge is 0.316 e. The van der Waals surface area contributed by atoms with Crippen LogP contribution in [-0.2, 0) is 0 Å². The van der Waals surface area contributed by atoms with Gasteiger partial charge >= 0.3 is 0 Å². The number of nitrogens with one attached hydrogen (secondary N) is 1. The lowest BCUT2D eigenvalue weighted by Crippen LogP contribution is -2.13. The maximum atomic E-state index is 3.95. The Labute approximate surface area is 58.2 Å². The molecule has 1 unspecified atom stereocenters. The number of rotatable bonds is 4. The molecule has 0 fully saturated rings. The molecule has 0 aromatic rings. The lowest BCUT2D eigenvalue weighted by atomic mass is 10.0. The first-order valence-corrected chi connectivity index (χ1v) is 3.54. The number of likely N-dealkylation sites (N-methyl/N-ethyl adjacent to an activating group) is 1. The van der Waals surface area contributed by atoms with Crippen LogP contribution in [0.15, 0.2) is 12.2 Å². The summed E-state index contributed by atoms with van der Waals surface area (Å²) in [5, 5.41) is 3.08. The molecule has 0 radical (unpaired) electrons. The molecule has 0 saturated heterocycles. The molecule has 1 atom stereocenters. The second-order valence-corrected chi connectivity index (χ2v) is 2.50. The second kappa shape index (κ2) is 4.57. The molecular weight excluding hydrogens is 110 g/mol. The SMILES string of the molecule is C=C(CNC)C(C)CC. The van der Waals surface area contributed by atoms with E-state index in [-0.39, 0.29) is 0 Å². The van der Waals surface area contributed by atoms with E-state index in [2.05, 4.69) is 25.7 Å². The summed E-state index contributed by atoms with van der Waals surface area (Å²) in [7, 11) is 1.95. The van der Waals surface area contributed by atoms with Gasteiger partial charge in [0.1, 0.15) is 0 Å². The van der Waals surface area contributed by atoms with E-state index in [1.54, 1.807) is 0 Å². The third kappa shape index (κ3) is 3.31. The summed E-state index contributed by atoms with van der Waals surface area (Å²) in [6.07, 6.45) is 1.19. The molecule has 1 N–H and O–H groups in total. The molecular formula is C8H17N. The van der Waals surface area contributed by atoms with Crippen LogP contribution in [-0.4, -0.2) is 13.6 Å². The van der Waals surface area contributed by atoms with Crippen LogP contribution >= 0.6 is 0 Å². The van der Waals surface area contributed by atoms with Gasteiger partial charge in [0.05, 0.1) is 0 Å². The zero-order valence-electron chi connectivity index (χ0n) is 6.70. The Hall–Kier alpha value is -0.300. The topological polar surface area (TPSA) is 12.0 Å². The summed E-state index contributed by atoms with van der Waals surface area (Å²) >= 11 is 0. The van der Waals surface area contributed by atoms with E-state index in [4.69, 9.17) is 0 Å². The Bertz CT molecular complexity index is 86.6. The molecule has 0 aromatic heterocycles. The van der Waals surface area contributed by atoms with Gasteiger partial charge in [-0.3, -0.25) is 0 Å². The standard InChI is InChI=1S/C8H17N/c1-5-7(2)8(3)6-9-4/h7,9H,3,5-6H2,1-2,4H3. The smallest absolute Gasteiger partial charge is 0.0161 e. The highest BCUT2D eigenvalue weighted by atomic mass is 14.8. The van der Waals surface area contributed by atoms with Gasteiger partial charge in [0, 0.05) is 6.54 Å². The van der Waals surface area contributed by atoms with Gasteiger partial charge in [-0.25, -0.2) is 0 Å². The average Bonchev–Trinajstić information content (AvgIpc) is 1.87. The van der Waals surface area contributed by atoms with Gasteiger partial charge in [0.25, 0.3) is 0 Å². The summed E-state index contributed by atoms with van der Waals surface area (Å²) < 4.78 is 0. The maximum absolute atomic E-state index is 3.95. The minimum Gasteiger partial charge on any atom is -0.316 e.